The number of halogens is 3. The van der Waals surface area contributed by atoms with Crippen LogP contribution in [0.4, 0.5) is 13.2 Å². The van der Waals surface area contributed by atoms with E-state index < -0.39 is 29.2 Å². The van der Waals surface area contributed by atoms with E-state index in [-0.39, 0.29) is 17.8 Å². The van der Waals surface area contributed by atoms with Gasteiger partial charge in [0, 0.05) is 24.3 Å². The highest BCUT2D eigenvalue weighted by Crippen LogP contribution is 2.26. The van der Waals surface area contributed by atoms with E-state index in [2.05, 4.69) is 0 Å². The smallest absolute Gasteiger partial charge is 0.194 e. The quantitative estimate of drug-likeness (QED) is 0.590. The highest BCUT2D eigenvalue weighted by Gasteiger charge is 2.29. The molecule has 0 amide bonds. The Morgan fingerprint density at radius 3 is 2.24 bits per heavy atom. The zero-order valence-corrected chi connectivity index (χ0v) is 8.80. The van der Waals surface area contributed by atoms with Gasteiger partial charge in [0.05, 0.1) is 0 Å². The van der Waals surface area contributed by atoms with Crippen LogP contribution in [0.1, 0.15) is 29.6 Å². The van der Waals surface area contributed by atoms with E-state index in [1.54, 1.807) is 0 Å². The molecular formula is C12H9F3O2. The molecule has 1 atom stereocenters. The molecule has 0 bridgehead atoms. The van der Waals surface area contributed by atoms with Crippen molar-refractivity contribution in [2.75, 3.05) is 0 Å². The Morgan fingerprint density at radius 1 is 1.18 bits per heavy atom. The minimum Gasteiger partial charge on any atom is -0.300 e. The Balaban J connectivity index is 2.28. The minimum atomic E-state index is -1.59. The van der Waals surface area contributed by atoms with Crippen molar-refractivity contribution < 1.29 is 22.8 Å². The highest BCUT2D eigenvalue weighted by molar-refractivity contribution is 6.01. The van der Waals surface area contributed by atoms with Crippen LogP contribution >= 0.6 is 0 Å². The van der Waals surface area contributed by atoms with Gasteiger partial charge in [0.15, 0.2) is 23.2 Å². The second-order valence-electron chi connectivity index (χ2n) is 4.10. The van der Waals surface area contributed by atoms with Gasteiger partial charge in [0.25, 0.3) is 0 Å². The third-order valence-corrected chi connectivity index (χ3v) is 2.88. The molecule has 1 saturated carbocycles. The number of ketones is 2. The summed E-state index contributed by atoms with van der Waals surface area (Å²) in [5, 5.41) is 0. The first kappa shape index (κ1) is 11.8. The Labute approximate surface area is 95.4 Å². The van der Waals surface area contributed by atoms with E-state index in [1.807, 2.05) is 0 Å². The average Bonchev–Trinajstić information content (AvgIpc) is 2.71. The summed E-state index contributed by atoms with van der Waals surface area (Å²) in [4.78, 5) is 22.8. The maximum Gasteiger partial charge on any atom is 0.194 e. The molecule has 5 heteroatoms. The van der Waals surface area contributed by atoms with E-state index >= 15 is 0 Å². The van der Waals surface area contributed by atoms with E-state index in [1.165, 1.54) is 0 Å². The second kappa shape index (κ2) is 4.31. The van der Waals surface area contributed by atoms with Gasteiger partial charge < -0.3 is 0 Å². The SMILES string of the molecule is O=C1CCC(C(=O)c2cc(F)c(F)c(F)c2)C1. The summed E-state index contributed by atoms with van der Waals surface area (Å²) >= 11 is 0. The lowest BCUT2D eigenvalue weighted by Crippen LogP contribution is -2.13. The Hall–Kier alpha value is -1.65. The lowest BCUT2D eigenvalue weighted by molar-refractivity contribution is -0.117. The van der Waals surface area contributed by atoms with Crippen molar-refractivity contribution in [2.45, 2.75) is 19.3 Å². The summed E-state index contributed by atoms with van der Waals surface area (Å²) in [7, 11) is 0. The molecule has 0 heterocycles. The largest absolute Gasteiger partial charge is 0.300 e. The van der Waals surface area contributed by atoms with Crippen molar-refractivity contribution in [2.24, 2.45) is 5.92 Å². The molecule has 0 spiro atoms. The van der Waals surface area contributed by atoms with Crippen molar-refractivity contribution in [3.8, 4) is 0 Å². The molecule has 1 aliphatic carbocycles. The fraction of sp³-hybridized carbons (Fsp3) is 0.333. The number of Topliss-reactive ketones (excluding diaryl/α,β-unsaturated/α-hetero) is 2. The lowest BCUT2D eigenvalue weighted by Gasteiger charge is -2.07. The molecule has 0 aliphatic heterocycles. The van der Waals surface area contributed by atoms with Crippen LogP contribution in [0.2, 0.25) is 0 Å². The van der Waals surface area contributed by atoms with E-state index in [0.29, 0.717) is 25.0 Å². The summed E-state index contributed by atoms with van der Waals surface area (Å²) in [5.41, 5.74) is -0.221. The zero-order chi connectivity index (χ0) is 12.6. The molecule has 17 heavy (non-hydrogen) atoms. The predicted molar refractivity (Wildman–Crippen MR) is 53.0 cm³/mol. The summed E-state index contributed by atoms with van der Waals surface area (Å²) in [5.74, 6) is -5.45. The van der Waals surface area contributed by atoms with Gasteiger partial charge in [-0.2, -0.15) is 0 Å². The van der Waals surface area contributed by atoms with Crippen LogP contribution in [-0.4, -0.2) is 11.6 Å². The number of rotatable bonds is 2. The van der Waals surface area contributed by atoms with Gasteiger partial charge in [-0.15, -0.1) is 0 Å². The number of hydrogen-bond acceptors (Lipinski definition) is 2. The molecular weight excluding hydrogens is 233 g/mol. The van der Waals surface area contributed by atoms with Gasteiger partial charge in [-0.25, -0.2) is 13.2 Å². The second-order valence-corrected chi connectivity index (χ2v) is 4.10. The monoisotopic (exact) mass is 242 g/mol. The summed E-state index contributed by atoms with van der Waals surface area (Å²) in [6, 6.07) is 1.34. The average molecular weight is 242 g/mol. The molecule has 0 radical (unpaired) electrons. The highest BCUT2D eigenvalue weighted by atomic mass is 19.2. The molecule has 2 rings (SSSR count). The molecule has 1 unspecified atom stereocenters. The Kier molecular flexibility index (Phi) is 3.00. The molecule has 0 N–H and O–H groups in total. The number of hydrogen-bond donors (Lipinski definition) is 0. The van der Waals surface area contributed by atoms with Crippen molar-refractivity contribution in [3.63, 3.8) is 0 Å². The molecule has 2 nitrogen and oxygen atoms in total. The van der Waals surface area contributed by atoms with Crippen molar-refractivity contribution in [1.29, 1.82) is 0 Å². The maximum absolute atomic E-state index is 12.9. The Bertz CT molecular complexity index is 474. The molecule has 1 aliphatic rings. The van der Waals surface area contributed by atoms with Gasteiger partial charge in [-0.1, -0.05) is 0 Å². The van der Waals surface area contributed by atoms with E-state index in [4.69, 9.17) is 0 Å². The van der Waals surface area contributed by atoms with Crippen LogP contribution in [0.5, 0.6) is 0 Å². The third kappa shape index (κ3) is 2.23. The number of carbonyl (C=O) groups excluding carboxylic acids is 2. The fourth-order valence-corrected chi connectivity index (χ4v) is 1.97. The molecule has 1 aromatic rings. The first-order chi connectivity index (χ1) is 7.99. The van der Waals surface area contributed by atoms with Crippen LogP contribution in [-0.2, 0) is 4.79 Å². The van der Waals surface area contributed by atoms with E-state index in [9.17, 15) is 22.8 Å². The Morgan fingerprint density at radius 2 is 1.76 bits per heavy atom. The van der Waals surface area contributed by atoms with Gasteiger partial charge in [-0.3, -0.25) is 9.59 Å². The van der Waals surface area contributed by atoms with Crippen LogP contribution in [0.15, 0.2) is 12.1 Å². The van der Waals surface area contributed by atoms with Crippen LogP contribution in [0, 0.1) is 23.4 Å². The third-order valence-electron chi connectivity index (χ3n) is 2.88. The number of carbonyl (C=O) groups is 2. The van der Waals surface area contributed by atoms with Crippen molar-refractivity contribution in [3.05, 3.63) is 35.1 Å². The molecule has 1 fully saturated rings. The molecule has 0 aromatic heterocycles. The van der Waals surface area contributed by atoms with Crippen LogP contribution in [0.3, 0.4) is 0 Å². The first-order valence-electron chi connectivity index (χ1n) is 5.19. The molecule has 0 saturated heterocycles. The van der Waals surface area contributed by atoms with Crippen LogP contribution < -0.4 is 0 Å². The van der Waals surface area contributed by atoms with Gasteiger partial charge in [-0.05, 0) is 18.6 Å². The summed E-state index contributed by atoms with van der Waals surface area (Å²) in [6.07, 6.45) is 0.792. The summed E-state index contributed by atoms with van der Waals surface area (Å²) < 4.78 is 38.6. The van der Waals surface area contributed by atoms with Crippen molar-refractivity contribution >= 4 is 11.6 Å². The number of benzene rings is 1. The first-order valence-corrected chi connectivity index (χ1v) is 5.19. The topological polar surface area (TPSA) is 34.1 Å². The fourth-order valence-electron chi connectivity index (χ4n) is 1.97. The summed E-state index contributed by atoms with van der Waals surface area (Å²) in [6.45, 7) is 0. The maximum atomic E-state index is 12.9. The van der Waals surface area contributed by atoms with Crippen molar-refractivity contribution in [1.82, 2.24) is 0 Å². The van der Waals surface area contributed by atoms with Gasteiger partial charge >= 0.3 is 0 Å². The van der Waals surface area contributed by atoms with Crippen LogP contribution in [0.25, 0.3) is 0 Å². The standard InChI is InChI=1S/C12H9F3O2/c13-9-4-7(5-10(14)11(9)15)12(17)6-1-2-8(16)3-6/h4-6H,1-3H2. The normalized spacial score (nSPS) is 19.7. The molecule has 90 valence electrons. The van der Waals surface area contributed by atoms with Gasteiger partial charge in [0.1, 0.15) is 5.78 Å². The lowest BCUT2D eigenvalue weighted by atomic mass is 9.96. The zero-order valence-electron chi connectivity index (χ0n) is 8.80. The molecule has 1 aromatic carbocycles. The van der Waals surface area contributed by atoms with Gasteiger partial charge in [0.2, 0.25) is 0 Å². The predicted octanol–water partition coefficient (Wildman–Crippen LogP) is 2.66. The van der Waals surface area contributed by atoms with E-state index in [0.717, 1.165) is 0 Å². The minimum absolute atomic E-state index is 0.0357.